The van der Waals surface area contributed by atoms with Crippen molar-refractivity contribution in [2.45, 2.75) is 78.8 Å². The Balaban J connectivity index is 2.55. The molecule has 0 heterocycles. The lowest BCUT2D eigenvalue weighted by Crippen LogP contribution is -2.46. The second-order valence-corrected chi connectivity index (χ2v) is 7.49. The molecule has 0 saturated heterocycles. The van der Waals surface area contributed by atoms with Crippen LogP contribution in [-0.4, -0.2) is 23.2 Å². The number of nitrogens with one attached hydrogen (secondary N) is 1. The number of aliphatic carboxylic acids is 1. The normalized spacial score (nSPS) is 27.1. The van der Waals surface area contributed by atoms with Gasteiger partial charge in [0.05, 0.1) is 0 Å². The molecule has 1 fully saturated rings. The Bertz CT molecular complexity index is 294. The van der Waals surface area contributed by atoms with Crippen molar-refractivity contribution in [2.75, 3.05) is 0 Å². The second kappa shape index (κ2) is 6.74. The Kier molecular flexibility index (Phi) is 5.84. The van der Waals surface area contributed by atoms with E-state index >= 15 is 0 Å². The van der Waals surface area contributed by atoms with E-state index < -0.39 is 12.0 Å². The third kappa shape index (κ3) is 5.13. The topological polar surface area (TPSA) is 49.3 Å². The molecular formula is C16H31NO2. The largest absolute Gasteiger partial charge is 0.480 e. The van der Waals surface area contributed by atoms with Crippen LogP contribution in [0.15, 0.2) is 0 Å². The van der Waals surface area contributed by atoms with E-state index in [1.54, 1.807) is 0 Å². The molecule has 0 aliphatic heterocycles. The summed E-state index contributed by atoms with van der Waals surface area (Å²) in [5.74, 6) is 0.187. The van der Waals surface area contributed by atoms with E-state index in [1.165, 1.54) is 19.3 Å². The van der Waals surface area contributed by atoms with Gasteiger partial charge >= 0.3 is 5.97 Å². The van der Waals surface area contributed by atoms with Gasteiger partial charge in [-0.15, -0.1) is 0 Å². The molecule has 1 aliphatic carbocycles. The molecule has 3 nitrogen and oxygen atoms in total. The second-order valence-electron chi connectivity index (χ2n) is 7.49. The monoisotopic (exact) mass is 269 g/mol. The van der Waals surface area contributed by atoms with Crippen LogP contribution < -0.4 is 5.32 Å². The van der Waals surface area contributed by atoms with E-state index in [4.69, 9.17) is 0 Å². The Morgan fingerprint density at radius 2 is 1.79 bits per heavy atom. The van der Waals surface area contributed by atoms with Gasteiger partial charge in [0.1, 0.15) is 6.04 Å². The van der Waals surface area contributed by atoms with Gasteiger partial charge in [-0.2, -0.15) is 0 Å². The Hall–Kier alpha value is -0.570. The van der Waals surface area contributed by atoms with Gasteiger partial charge in [0, 0.05) is 6.04 Å². The van der Waals surface area contributed by atoms with Crippen LogP contribution in [0.4, 0.5) is 0 Å². The zero-order valence-electron chi connectivity index (χ0n) is 13.2. The molecule has 0 aromatic rings. The van der Waals surface area contributed by atoms with Crippen LogP contribution in [-0.2, 0) is 4.79 Å². The van der Waals surface area contributed by atoms with Crippen LogP contribution in [0.25, 0.3) is 0 Å². The summed E-state index contributed by atoms with van der Waals surface area (Å²) < 4.78 is 0. The van der Waals surface area contributed by atoms with Crippen molar-refractivity contribution in [2.24, 2.45) is 17.3 Å². The first kappa shape index (κ1) is 16.5. The van der Waals surface area contributed by atoms with E-state index in [0.29, 0.717) is 11.5 Å². The highest BCUT2D eigenvalue weighted by Gasteiger charge is 2.30. The molecule has 1 aliphatic rings. The Morgan fingerprint density at radius 1 is 1.16 bits per heavy atom. The highest BCUT2D eigenvalue weighted by atomic mass is 16.4. The van der Waals surface area contributed by atoms with Crippen molar-refractivity contribution < 1.29 is 9.90 Å². The minimum absolute atomic E-state index is 0.138. The van der Waals surface area contributed by atoms with Gasteiger partial charge in [-0.1, -0.05) is 41.0 Å². The first-order chi connectivity index (χ1) is 8.71. The van der Waals surface area contributed by atoms with E-state index in [9.17, 15) is 9.90 Å². The maximum absolute atomic E-state index is 11.3. The Morgan fingerprint density at radius 3 is 2.26 bits per heavy atom. The van der Waals surface area contributed by atoms with Crippen LogP contribution in [0.2, 0.25) is 0 Å². The third-order valence-corrected chi connectivity index (χ3v) is 4.54. The lowest BCUT2D eigenvalue weighted by molar-refractivity contribution is -0.140. The number of carboxylic acid groups (broad SMARTS) is 1. The molecule has 3 atom stereocenters. The van der Waals surface area contributed by atoms with Crippen LogP contribution in [0, 0.1) is 17.3 Å². The van der Waals surface area contributed by atoms with Crippen molar-refractivity contribution in [1.82, 2.24) is 5.32 Å². The average Bonchev–Trinajstić information content (AvgIpc) is 2.49. The predicted molar refractivity (Wildman–Crippen MR) is 79.2 cm³/mol. The fourth-order valence-electron chi connectivity index (χ4n) is 3.14. The average molecular weight is 269 g/mol. The highest BCUT2D eigenvalue weighted by Crippen LogP contribution is 2.36. The number of carbonyl (C=O) groups is 1. The SMILES string of the molecule is CC(C)C(NC1CCCC(C(C)(C)C)CC1)C(=O)O. The molecule has 0 radical (unpaired) electrons. The molecule has 0 amide bonds. The molecule has 0 spiro atoms. The van der Waals surface area contributed by atoms with Gasteiger partial charge in [-0.05, 0) is 42.9 Å². The molecule has 0 aromatic heterocycles. The summed E-state index contributed by atoms with van der Waals surface area (Å²) in [6.07, 6.45) is 5.93. The molecular weight excluding hydrogens is 238 g/mol. The maximum atomic E-state index is 11.3. The molecule has 3 unspecified atom stereocenters. The van der Waals surface area contributed by atoms with Crippen molar-refractivity contribution in [3.63, 3.8) is 0 Å². The van der Waals surface area contributed by atoms with E-state index in [0.717, 1.165) is 18.8 Å². The zero-order valence-corrected chi connectivity index (χ0v) is 13.2. The van der Waals surface area contributed by atoms with Crippen molar-refractivity contribution >= 4 is 5.97 Å². The number of hydrogen-bond acceptors (Lipinski definition) is 2. The smallest absolute Gasteiger partial charge is 0.320 e. The van der Waals surface area contributed by atoms with E-state index in [2.05, 4.69) is 26.1 Å². The van der Waals surface area contributed by atoms with Gasteiger partial charge in [0.2, 0.25) is 0 Å². The van der Waals surface area contributed by atoms with Crippen molar-refractivity contribution in [1.29, 1.82) is 0 Å². The standard InChI is InChI=1S/C16H31NO2/c1-11(2)14(15(18)19)17-13-8-6-7-12(9-10-13)16(3,4)5/h11-14,17H,6-10H2,1-5H3,(H,18,19). The van der Waals surface area contributed by atoms with Gasteiger partial charge in [0.25, 0.3) is 0 Å². The molecule has 0 aromatic carbocycles. The predicted octanol–water partition coefficient (Wildman–Crippen LogP) is 3.68. The molecule has 3 heteroatoms. The minimum atomic E-state index is -0.716. The molecule has 1 rings (SSSR count). The number of rotatable bonds is 4. The first-order valence-electron chi connectivity index (χ1n) is 7.70. The molecule has 112 valence electrons. The summed E-state index contributed by atoms with van der Waals surface area (Å²) in [7, 11) is 0. The summed E-state index contributed by atoms with van der Waals surface area (Å²) in [5.41, 5.74) is 0.374. The Labute approximate surface area is 118 Å². The van der Waals surface area contributed by atoms with Gasteiger partial charge in [-0.25, -0.2) is 0 Å². The highest BCUT2D eigenvalue weighted by molar-refractivity contribution is 5.73. The van der Waals surface area contributed by atoms with Crippen LogP contribution in [0.1, 0.15) is 66.7 Å². The maximum Gasteiger partial charge on any atom is 0.320 e. The summed E-state index contributed by atoms with van der Waals surface area (Å²) in [6.45, 7) is 10.9. The fourth-order valence-corrected chi connectivity index (χ4v) is 3.14. The number of hydrogen-bond donors (Lipinski definition) is 2. The fraction of sp³-hybridized carbons (Fsp3) is 0.938. The summed E-state index contributed by atoms with van der Waals surface area (Å²) in [6, 6.07) is -0.0352. The summed E-state index contributed by atoms with van der Waals surface area (Å²) in [4.78, 5) is 11.3. The molecule has 1 saturated carbocycles. The van der Waals surface area contributed by atoms with Gasteiger partial charge in [-0.3, -0.25) is 4.79 Å². The quantitative estimate of drug-likeness (QED) is 0.765. The number of carboxylic acids is 1. The van der Waals surface area contributed by atoms with E-state index in [-0.39, 0.29) is 5.92 Å². The summed E-state index contributed by atoms with van der Waals surface area (Å²) >= 11 is 0. The summed E-state index contributed by atoms with van der Waals surface area (Å²) in [5, 5.41) is 12.6. The van der Waals surface area contributed by atoms with E-state index in [1.807, 2.05) is 13.8 Å². The zero-order chi connectivity index (χ0) is 14.6. The van der Waals surface area contributed by atoms with Crippen LogP contribution >= 0.6 is 0 Å². The third-order valence-electron chi connectivity index (χ3n) is 4.54. The molecule has 2 N–H and O–H groups in total. The van der Waals surface area contributed by atoms with Crippen molar-refractivity contribution in [3.05, 3.63) is 0 Å². The lowest BCUT2D eigenvalue weighted by Gasteiger charge is -2.30. The van der Waals surface area contributed by atoms with Crippen molar-refractivity contribution in [3.8, 4) is 0 Å². The lowest BCUT2D eigenvalue weighted by atomic mass is 9.76. The van der Waals surface area contributed by atoms with Crippen LogP contribution in [0.5, 0.6) is 0 Å². The minimum Gasteiger partial charge on any atom is -0.480 e. The van der Waals surface area contributed by atoms with Gasteiger partial charge < -0.3 is 10.4 Å². The first-order valence-corrected chi connectivity index (χ1v) is 7.70. The van der Waals surface area contributed by atoms with Crippen LogP contribution in [0.3, 0.4) is 0 Å². The molecule has 0 bridgehead atoms. The molecule has 19 heavy (non-hydrogen) atoms. The van der Waals surface area contributed by atoms with Gasteiger partial charge in [0.15, 0.2) is 0 Å².